The van der Waals surface area contributed by atoms with E-state index in [9.17, 15) is 22.1 Å². The molecule has 2 fully saturated rings. The number of hydrogen-bond donors (Lipinski definition) is 0. The van der Waals surface area contributed by atoms with Gasteiger partial charge in [-0.1, -0.05) is 60.7 Å². The molecular formula is C56H51FN14O4S2. The molecule has 21 heteroatoms. The molecule has 0 aliphatic carbocycles. The van der Waals surface area contributed by atoms with Crippen molar-refractivity contribution in [3.05, 3.63) is 197 Å². The van der Waals surface area contributed by atoms with Crippen LogP contribution in [0.25, 0.3) is 33.2 Å². The maximum Gasteiger partial charge on any atom is 0.264 e. The van der Waals surface area contributed by atoms with Gasteiger partial charge in [0.1, 0.15) is 11.9 Å². The van der Waals surface area contributed by atoms with Crippen LogP contribution in [0.5, 0.6) is 0 Å². The van der Waals surface area contributed by atoms with Gasteiger partial charge in [-0.2, -0.15) is 43.9 Å². The standard InChI is InChI=1S/C56H51FN14O4S2/c1-38-21-50-43(30-62-70(50)46-15-10-18-59-32-46)25-48(38)56(28-41-13-8-5-9-14-41)17-20-68(37-56)77(74,75)53-34-61-69(65-53)35-45-24-47(23-42(29-58)54(45)57)71-51-22-39(2)49(26-44(51)31-63-71)55(27-40-11-6-4-7-12-40)16-19-67(36-55)76(72,73)52-33-60-66(3)64-52/h4-15,18,21-26,30-34H,16-17,19-20,27-28,35-37H2,1-3H3. The summed E-state index contributed by atoms with van der Waals surface area (Å²) in [6.07, 6.45) is 11.7. The highest BCUT2D eigenvalue weighted by Crippen LogP contribution is 2.44. The number of hydrogen-bond acceptors (Lipinski definition) is 12. The highest BCUT2D eigenvalue weighted by Gasteiger charge is 2.47. The van der Waals surface area contributed by atoms with Crippen molar-refractivity contribution in [1.29, 1.82) is 5.26 Å². The summed E-state index contributed by atoms with van der Waals surface area (Å²) in [6, 6.07) is 37.1. The molecule has 0 N–H and O–H groups in total. The molecule has 2 aliphatic rings. The lowest BCUT2D eigenvalue weighted by Crippen LogP contribution is -2.36. The predicted molar refractivity (Wildman–Crippen MR) is 285 cm³/mol. The van der Waals surface area contributed by atoms with E-state index in [1.807, 2.05) is 96.7 Å². The lowest BCUT2D eigenvalue weighted by molar-refractivity contribution is 0.412. The van der Waals surface area contributed by atoms with Crippen molar-refractivity contribution in [3.8, 4) is 17.4 Å². The zero-order chi connectivity index (χ0) is 53.3. The Labute approximate surface area is 443 Å². The molecule has 0 spiro atoms. The average Bonchev–Trinajstić information content (AvgIpc) is 4.46. The second-order valence-corrected chi connectivity index (χ2v) is 24.1. The van der Waals surface area contributed by atoms with E-state index in [1.165, 1.54) is 31.9 Å². The molecule has 10 aromatic rings. The monoisotopic (exact) mass is 1070 g/mol. The number of pyridine rings is 1. The molecule has 5 aromatic carbocycles. The molecule has 2 atom stereocenters. The molecule has 5 aromatic heterocycles. The van der Waals surface area contributed by atoms with E-state index >= 15 is 4.39 Å². The van der Waals surface area contributed by atoms with E-state index in [0.29, 0.717) is 36.9 Å². The van der Waals surface area contributed by atoms with Crippen molar-refractivity contribution < 1.29 is 21.2 Å². The van der Waals surface area contributed by atoms with Crippen LogP contribution in [-0.2, 0) is 57.3 Å². The fourth-order valence-corrected chi connectivity index (χ4v) is 14.5. The normalized spacial score (nSPS) is 18.4. The van der Waals surface area contributed by atoms with Crippen LogP contribution in [0.1, 0.15) is 57.3 Å². The molecule has 2 saturated heterocycles. The van der Waals surface area contributed by atoms with Crippen LogP contribution in [-0.4, -0.2) is 106 Å². The molecule has 18 nitrogen and oxygen atoms in total. The number of halogens is 1. The van der Waals surface area contributed by atoms with Gasteiger partial charge in [-0.3, -0.25) is 4.98 Å². The maximum atomic E-state index is 16.2. The molecule has 0 amide bonds. The van der Waals surface area contributed by atoms with Crippen LogP contribution < -0.4 is 0 Å². The second-order valence-electron chi connectivity index (χ2n) is 20.3. The minimum Gasteiger partial charge on any atom is -0.262 e. The number of benzene rings is 5. The van der Waals surface area contributed by atoms with Crippen molar-refractivity contribution in [2.45, 2.75) is 67.0 Å². The first-order valence-corrected chi connectivity index (χ1v) is 28.0. The lowest BCUT2D eigenvalue weighted by atomic mass is 9.73. The quantitative estimate of drug-likeness (QED) is 0.105. The first-order chi connectivity index (χ1) is 37.1. The predicted octanol–water partition coefficient (Wildman–Crippen LogP) is 7.31. The third kappa shape index (κ3) is 8.85. The number of rotatable bonds is 14. The molecule has 0 radical (unpaired) electrons. The van der Waals surface area contributed by atoms with Gasteiger partial charge in [0.25, 0.3) is 20.0 Å². The summed E-state index contributed by atoms with van der Waals surface area (Å²) in [5.41, 5.74) is 7.45. The van der Waals surface area contributed by atoms with Gasteiger partial charge in [0.15, 0.2) is 0 Å². The van der Waals surface area contributed by atoms with Crippen LogP contribution in [0, 0.1) is 31.0 Å². The fraction of sp³-hybridized carbons (Fsp3) is 0.250. The Hall–Kier alpha value is -8.29. The van der Waals surface area contributed by atoms with Crippen LogP contribution in [0.15, 0.2) is 156 Å². The van der Waals surface area contributed by atoms with Gasteiger partial charge in [0.05, 0.1) is 65.5 Å². The molecule has 388 valence electrons. The minimum absolute atomic E-state index is 0.0496. The van der Waals surface area contributed by atoms with Gasteiger partial charge in [-0.05, 0) is 121 Å². The minimum atomic E-state index is -4.20. The van der Waals surface area contributed by atoms with Crippen molar-refractivity contribution in [3.63, 3.8) is 0 Å². The molecule has 0 bridgehead atoms. The molecule has 7 heterocycles. The van der Waals surface area contributed by atoms with Crippen molar-refractivity contribution in [1.82, 2.24) is 63.1 Å². The Morgan fingerprint density at radius 3 is 1.69 bits per heavy atom. The summed E-state index contributed by atoms with van der Waals surface area (Å²) in [5.74, 6) is -0.790. The highest BCUT2D eigenvalue weighted by molar-refractivity contribution is 7.89. The summed E-state index contributed by atoms with van der Waals surface area (Å²) < 4.78 is 79.7. The van der Waals surface area contributed by atoms with Crippen molar-refractivity contribution in [2.75, 3.05) is 26.2 Å². The van der Waals surface area contributed by atoms with Crippen molar-refractivity contribution >= 4 is 41.9 Å². The Morgan fingerprint density at radius 1 is 0.623 bits per heavy atom. The molecular weight excluding hydrogens is 1020 g/mol. The Morgan fingerprint density at radius 2 is 1.17 bits per heavy atom. The topological polar surface area (TPSA) is 208 Å². The Bertz CT molecular complexity index is 4180. The summed E-state index contributed by atoms with van der Waals surface area (Å²) in [6.45, 7) is 4.65. The maximum absolute atomic E-state index is 16.2. The van der Waals surface area contributed by atoms with E-state index in [1.54, 1.807) is 36.4 Å². The fourth-order valence-electron chi connectivity index (χ4n) is 11.7. The van der Waals surface area contributed by atoms with Crippen LogP contribution >= 0.6 is 0 Å². The number of fused-ring (bicyclic) bond motifs is 2. The summed E-state index contributed by atoms with van der Waals surface area (Å²) >= 11 is 0. The van der Waals surface area contributed by atoms with E-state index in [2.05, 4.69) is 61.7 Å². The Kier molecular flexibility index (Phi) is 12.3. The average molecular weight is 1070 g/mol. The van der Waals surface area contributed by atoms with E-state index < -0.39 is 36.7 Å². The van der Waals surface area contributed by atoms with E-state index in [0.717, 1.165) is 60.2 Å². The molecule has 2 unspecified atom stereocenters. The van der Waals surface area contributed by atoms with Gasteiger partial charge < -0.3 is 0 Å². The van der Waals surface area contributed by atoms with Crippen LogP contribution in [0.4, 0.5) is 4.39 Å². The SMILES string of the molecule is Cc1cc2c(cnn2-c2cc(C#N)c(F)c(Cn3ncc(S(=O)(=O)N4CCC(Cc5ccccc5)(c5cc6cnn(-c7cccnc7)c6cc5C)C4)n3)c2)cc1C1(Cc2ccccc2)CCN(S(=O)(=O)c2cnn(C)n2)C1. The number of sulfonamides is 2. The van der Waals surface area contributed by atoms with Gasteiger partial charge in [-0.15, -0.1) is 10.2 Å². The van der Waals surface area contributed by atoms with Crippen LogP contribution in [0.3, 0.4) is 0 Å². The van der Waals surface area contributed by atoms with Gasteiger partial charge in [-0.25, -0.2) is 30.6 Å². The smallest absolute Gasteiger partial charge is 0.262 e. The van der Waals surface area contributed by atoms with E-state index in [-0.39, 0.29) is 53.9 Å². The molecule has 0 saturated carbocycles. The third-order valence-corrected chi connectivity index (χ3v) is 18.8. The van der Waals surface area contributed by atoms with Gasteiger partial charge >= 0.3 is 0 Å². The zero-order valence-electron chi connectivity index (χ0n) is 42.3. The molecule has 77 heavy (non-hydrogen) atoms. The molecule has 12 rings (SSSR count). The zero-order valence-corrected chi connectivity index (χ0v) is 43.9. The third-order valence-electron chi connectivity index (χ3n) is 15.4. The largest absolute Gasteiger partial charge is 0.264 e. The second kappa shape index (κ2) is 19.1. The number of nitriles is 1. The van der Waals surface area contributed by atoms with Gasteiger partial charge in [0, 0.05) is 66.6 Å². The number of aromatic nitrogens is 11. The summed E-state index contributed by atoms with van der Waals surface area (Å²) in [7, 11) is -6.57. The van der Waals surface area contributed by atoms with Crippen molar-refractivity contribution in [2.24, 2.45) is 7.05 Å². The van der Waals surface area contributed by atoms with E-state index in [4.69, 9.17) is 5.10 Å². The first kappa shape index (κ1) is 49.6. The summed E-state index contributed by atoms with van der Waals surface area (Å²) in [4.78, 5) is 6.63. The number of aryl methyl sites for hydroxylation is 3. The Balaban J connectivity index is 0.830. The highest BCUT2D eigenvalue weighted by atomic mass is 32.2. The molecule has 2 aliphatic heterocycles. The number of nitrogens with zero attached hydrogens (tertiary/aromatic N) is 14. The first-order valence-electron chi connectivity index (χ1n) is 25.1. The van der Waals surface area contributed by atoms with Gasteiger partial charge in [0.2, 0.25) is 10.1 Å². The lowest BCUT2D eigenvalue weighted by Gasteiger charge is -2.32. The summed E-state index contributed by atoms with van der Waals surface area (Å²) in [5, 5.41) is 37.8. The van der Waals surface area contributed by atoms with Crippen LogP contribution in [0.2, 0.25) is 0 Å².